The summed E-state index contributed by atoms with van der Waals surface area (Å²) >= 11 is 3.27. The number of thioether (sulfide) groups is 2. The van der Waals surface area contributed by atoms with Gasteiger partial charge in [-0.1, -0.05) is 18.2 Å². The first-order valence-corrected chi connectivity index (χ1v) is 9.21. The van der Waals surface area contributed by atoms with Crippen LogP contribution in [0, 0.1) is 12.7 Å². The number of nitrogens with zero attached hydrogens (tertiary/aromatic N) is 1. The highest BCUT2D eigenvalue weighted by molar-refractivity contribution is 8.00. The van der Waals surface area contributed by atoms with Gasteiger partial charge in [0.05, 0.1) is 11.4 Å². The molecule has 3 rings (SSSR count). The zero-order chi connectivity index (χ0) is 15.7. The number of amides is 1. The Balaban J connectivity index is 2.00. The Kier molecular flexibility index (Phi) is 4.45. The number of carbonyl (C=O) groups is 1. The van der Waals surface area contributed by atoms with Crippen molar-refractivity contribution < 1.29 is 9.18 Å². The minimum atomic E-state index is -0.318. The van der Waals surface area contributed by atoms with Gasteiger partial charge >= 0.3 is 0 Å². The summed E-state index contributed by atoms with van der Waals surface area (Å²) in [5, 5.41) is -0.0936. The molecule has 1 saturated heterocycles. The number of halogens is 1. The Hall–Kier alpha value is -1.46. The SMILES string of the molecule is CSc1ccc(C2SCC(=O)N2c2cc(F)ccc2C)cc1. The maximum Gasteiger partial charge on any atom is 0.238 e. The second-order valence-electron chi connectivity index (χ2n) is 5.13. The van der Waals surface area contributed by atoms with Gasteiger partial charge in [0.2, 0.25) is 5.91 Å². The van der Waals surface area contributed by atoms with Gasteiger partial charge in [0.1, 0.15) is 11.2 Å². The van der Waals surface area contributed by atoms with Crippen LogP contribution in [0.1, 0.15) is 16.5 Å². The molecule has 1 aliphatic heterocycles. The second-order valence-corrected chi connectivity index (χ2v) is 7.08. The molecule has 0 radical (unpaired) electrons. The largest absolute Gasteiger partial charge is 0.295 e. The summed E-state index contributed by atoms with van der Waals surface area (Å²) in [6.45, 7) is 1.90. The maximum atomic E-state index is 13.6. The van der Waals surface area contributed by atoms with Crippen LogP contribution in [0.2, 0.25) is 0 Å². The Labute approximate surface area is 138 Å². The number of anilines is 1. The molecule has 5 heteroatoms. The fourth-order valence-electron chi connectivity index (χ4n) is 2.54. The molecule has 0 bridgehead atoms. The van der Waals surface area contributed by atoms with Crippen LogP contribution in [-0.2, 0) is 4.79 Å². The van der Waals surface area contributed by atoms with E-state index in [1.807, 2.05) is 25.3 Å². The molecular formula is C17H16FNOS2. The number of hydrogen-bond donors (Lipinski definition) is 0. The lowest BCUT2D eigenvalue weighted by Gasteiger charge is -2.26. The summed E-state index contributed by atoms with van der Waals surface area (Å²) in [5.41, 5.74) is 2.63. The summed E-state index contributed by atoms with van der Waals surface area (Å²) in [6, 6.07) is 12.8. The van der Waals surface area contributed by atoms with E-state index in [1.54, 1.807) is 34.5 Å². The molecule has 2 aromatic rings. The van der Waals surface area contributed by atoms with Gasteiger partial charge in [0.15, 0.2) is 0 Å². The lowest BCUT2D eigenvalue weighted by Crippen LogP contribution is -2.28. The Morgan fingerprint density at radius 2 is 1.95 bits per heavy atom. The molecule has 0 saturated carbocycles. The van der Waals surface area contributed by atoms with E-state index >= 15 is 0 Å². The smallest absolute Gasteiger partial charge is 0.238 e. The maximum absolute atomic E-state index is 13.6. The van der Waals surface area contributed by atoms with Crippen molar-refractivity contribution in [1.82, 2.24) is 0 Å². The molecule has 0 spiro atoms. The molecule has 114 valence electrons. The summed E-state index contributed by atoms with van der Waals surface area (Å²) in [5.74, 6) is 0.129. The van der Waals surface area contributed by atoms with Crippen LogP contribution < -0.4 is 4.90 Å². The topological polar surface area (TPSA) is 20.3 Å². The van der Waals surface area contributed by atoms with Crippen LogP contribution in [0.15, 0.2) is 47.4 Å². The third kappa shape index (κ3) is 2.88. The monoisotopic (exact) mass is 333 g/mol. The molecule has 0 aliphatic carbocycles. The average molecular weight is 333 g/mol. The molecule has 2 aromatic carbocycles. The van der Waals surface area contributed by atoms with E-state index in [9.17, 15) is 9.18 Å². The molecule has 1 fully saturated rings. The van der Waals surface area contributed by atoms with Crippen molar-refractivity contribution in [1.29, 1.82) is 0 Å². The molecule has 1 amide bonds. The minimum absolute atomic E-state index is 0.0256. The molecule has 1 aliphatic rings. The number of rotatable bonds is 3. The van der Waals surface area contributed by atoms with Gasteiger partial charge in [-0.3, -0.25) is 9.69 Å². The number of benzene rings is 2. The van der Waals surface area contributed by atoms with Gasteiger partial charge < -0.3 is 0 Å². The van der Waals surface area contributed by atoms with E-state index in [-0.39, 0.29) is 17.1 Å². The van der Waals surface area contributed by atoms with E-state index in [2.05, 4.69) is 12.1 Å². The second kappa shape index (κ2) is 6.34. The van der Waals surface area contributed by atoms with Crippen molar-refractivity contribution in [2.24, 2.45) is 0 Å². The summed E-state index contributed by atoms with van der Waals surface area (Å²) in [4.78, 5) is 15.2. The number of hydrogen-bond acceptors (Lipinski definition) is 3. The number of aryl methyl sites for hydroxylation is 1. The normalized spacial score (nSPS) is 18.0. The summed E-state index contributed by atoms with van der Waals surface area (Å²) in [6.07, 6.45) is 2.03. The van der Waals surface area contributed by atoms with Gasteiger partial charge in [-0.25, -0.2) is 4.39 Å². The van der Waals surface area contributed by atoms with Crippen LogP contribution in [0.5, 0.6) is 0 Å². The van der Waals surface area contributed by atoms with Gasteiger partial charge in [-0.2, -0.15) is 0 Å². The molecule has 1 atom stereocenters. The zero-order valence-corrected chi connectivity index (χ0v) is 14.0. The molecular weight excluding hydrogens is 317 g/mol. The van der Waals surface area contributed by atoms with Crippen LogP contribution in [0.3, 0.4) is 0 Å². The van der Waals surface area contributed by atoms with E-state index in [4.69, 9.17) is 0 Å². The highest BCUT2D eigenvalue weighted by Gasteiger charge is 2.34. The van der Waals surface area contributed by atoms with Crippen LogP contribution in [0.25, 0.3) is 0 Å². The van der Waals surface area contributed by atoms with E-state index in [1.165, 1.54) is 17.0 Å². The lowest BCUT2D eigenvalue weighted by atomic mass is 10.1. The summed E-state index contributed by atoms with van der Waals surface area (Å²) < 4.78 is 13.6. The third-order valence-electron chi connectivity index (χ3n) is 3.70. The van der Waals surface area contributed by atoms with Crippen molar-refractivity contribution >= 4 is 35.1 Å². The zero-order valence-electron chi connectivity index (χ0n) is 12.4. The highest BCUT2D eigenvalue weighted by Crippen LogP contribution is 2.43. The fourth-order valence-corrected chi connectivity index (χ4v) is 4.12. The highest BCUT2D eigenvalue weighted by atomic mass is 32.2. The van der Waals surface area contributed by atoms with Crippen LogP contribution in [0.4, 0.5) is 10.1 Å². The van der Waals surface area contributed by atoms with Crippen molar-refractivity contribution in [2.45, 2.75) is 17.2 Å². The molecule has 1 unspecified atom stereocenters. The van der Waals surface area contributed by atoms with Crippen LogP contribution >= 0.6 is 23.5 Å². The first-order valence-electron chi connectivity index (χ1n) is 6.94. The Morgan fingerprint density at radius 3 is 2.64 bits per heavy atom. The van der Waals surface area contributed by atoms with Crippen LogP contribution in [-0.4, -0.2) is 17.9 Å². The standard InChI is InChI=1S/C17H16FNOS2/c1-11-3-6-13(18)9-15(11)19-16(20)10-22-17(19)12-4-7-14(21-2)8-5-12/h3-9,17H,10H2,1-2H3. The van der Waals surface area contributed by atoms with Gasteiger partial charge in [-0.15, -0.1) is 23.5 Å². The minimum Gasteiger partial charge on any atom is -0.295 e. The Morgan fingerprint density at radius 1 is 1.23 bits per heavy atom. The fraction of sp³-hybridized carbons (Fsp3) is 0.235. The number of carbonyl (C=O) groups excluding carboxylic acids is 1. The lowest BCUT2D eigenvalue weighted by molar-refractivity contribution is -0.115. The molecule has 22 heavy (non-hydrogen) atoms. The summed E-state index contributed by atoms with van der Waals surface area (Å²) in [7, 11) is 0. The van der Waals surface area contributed by atoms with Gasteiger partial charge in [0, 0.05) is 4.90 Å². The quantitative estimate of drug-likeness (QED) is 0.764. The van der Waals surface area contributed by atoms with E-state index in [0.717, 1.165) is 11.1 Å². The predicted octanol–water partition coefficient (Wildman–Crippen LogP) is 4.63. The molecule has 2 nitrogen and oxygen atoms in total. The van der Waals surface area contributed by atoms with E-state index < -0.39 is 0 Å². The Bertz CT molecular complexity index is 702. The molecule has 0 N–H and O–H groups in total. The average Bonchev–Trinajstić information content (AvgIpc) is 2.91. The third-order valence-corrected chi connectivity index (χ3v) is 5.66. The van der Waals surface area contributed by atoms with Crippen molar-refractivity contribution in [3.05, 3.63) is 59.4 Å². The van der Waals surface area contributed by atoms with Gasteiger partial charge in [-0.05, 0) is 48.6 Å². The first-order chi connectivity index (χ1) is 10.6. The van der Waals surface area contributed by atoms with Crippen molar-refractivity contribution in [2.75, 3.05) is 16.9 Å². The molecule has 1 heterocycles. The van der Waals surface area contributed by atoms with Crippen molar-refractivity contribution in [3.8, 4) is 0 Å². The van der Waals surface area contributed by atoms with Gasteiger partial charge in [0.25, 0.3) is 0 Å². The predicted molar refractivity (Wildman–Crippen MR) is 92.0 cm³/mol. The van der Waals surface area contributed by atoms with Crippen molar-refractivity contribution in [3.63, 3.8) is 0 Å². The molecule has 0 aromatic heterocycles. The van der Waals surface area contributed by atoms with E-state index in [0.29, 0.717) is 11.4 Å². The first kappa shape index (κ1) is 15.4.